The summed E-state index contributed by atoms with van der Waals surface area (Å²) in [5, 5.41) is 27.0. The number of rotatable bonds is 10. The van der Waals surface area contributed by atoms with Crippen LogP contribution in [-0.2, 0) is 41.7 Å². The second-order valence-electron chi connectivity index (χ2n) is 13.8. The van der Waals surface area contributed by atoms with Crippen LogP contribution in [-0.4, -0.2) is 78.9 Å². The van der Waals surface area contributed by atoms with Gasteiger partial charge in [0.15, 0.2) is 0 Å². The summed E-state index contributed by atoms with van der Waals surface area (Å²) < 4.78 is 10.4. The first kappa shape index (κ1) is 41.5. The van der Waals surface area contributed by atoms with Gasteiger partial charge >= 0.3 is 11.9 Å². The van der Waals surface area contributed by atoms with Crippen molar-refractivity contribution in [3.63, 3.8) is 0 Å². The number of ether oxygens (including phenoxy) is 2. The summed E-state index contributed by atoms with van der Waals surface area (Å²) in [4.78, 5) is 74.7. The third-order valence-corrected chi connectivity index (χ3v) is 7.44. The second kappa shape index (κ2) is 17.3. The number of benzene rings is 2. The molecule has 0 saturated carbocycles. The van der Waals surface area contributed by atoms with E-state index in [2.05, 4.69) is 0 Å². The lowest BCUT2D eigenvalue weighted by Gasteiger charge is -2.25. The highest BCUT2D eigenvalue weighted by atomic mass is 16.6. The highest BCUT2D eigenvalue weighted by Crippen LogP contribution is 2.33. The molecule has 4 rings (SSSR count). The number of phenolic OH excluding ortho intramolecular Hbond substituents is 2. The fourth-order valence-electron chi connectivity index (χ4n) is 5.38. The number of esters is 2. The van der Waals surface area contributed by atoms with Crippen LogP contribution in [0.5, 0.6) is 11.5 Å². The summed E-state index contributed by atoms with van der Waals surface area (Å²) in [7, 11) is 0. The summed E-state index contributed by atoms with van der Waals surface area (Å²) in [5.41, 5.74) is 11.2. The molecule has 4 amide bonds. The smallest absolute Gasteiger partial charge is 0.306 e. The lowest BCUT2D eigenvalue weighted by Crippen LogP contribution is -2.45. The van der Waals surface area contributed by atoms with Gasteiger partial charge < -0.3 is 41.0 Å². The molecule has 2 aromatic rings. The molecule has 15 nitrogen and oxygen atoms in total. The fraction of sp³-hybridized carbons (Fsp3) is 0.472. The summed E-state index contributed by atoms with van der Waals surface area (Å²) in [6.45, 7) is 12.1. The van der Waals surface area contributed by atoms with Crippen molar-refractivity contribution in [1.82, 2.24) is 9.80 Å². The molecule has 2 atom stereocenters. The van der Waals surface area contributed by atoms with Gasteiger partial charge in [0.25, 0.3) is 11.8 Å². The number of carbonyl (C=O) groups excluding carboxylic acids is 6. The normalized spacial score (nSPS) is 14.4. The summed E-state index contributed by atoms with van der Waals surface area (Å²) >= 11 is 0. The van der Waals surface area contributed by atoms with Crippen molar-refractivity contribution in [2.75, 3.05) is 0 Å². The van der Waals surface area contributed by atoms with Gasteiger partial charge in [-0.15, -0.1) is 0 Å². The highest BCUT2D eigenvalue weighted by Gasteiger charge is 2.38. The van der Waals surface area contributed by atoms with Gasteiger partial charge in [-0.05, 0) is 78.6 Å². The van der Waals surface area contributed by atoms with Crippen molar-refractivity contribution >= 4 is 35.6 Å². The molecule has 2 aliphatic heterocycles. The number of primary amides is 2. The number of nitrogens with two attached hydrogens (primary N) is 2. The van der Waals surface area contributed by atoms with Crippen molar-refractivity contribution in [1.29, 1.82) is 5.26 Å². The molecule has 51 heavy (non-hydrogen) atoms. The van der Waals surface area contributed by atoms with E-state index >= 15 is 0 Å². The van der Waals surface area contributed by atoms with E-state index in [1.54, 1.807) is 71.9 Å². The Balaban J connectivity index is 0.000000328. The Hall–Kier alpha value is -5.65. The van der Waals surface area contributed by atoms with Gasteiger partial charge in [0.2, 0.25) is 11.8 Å². The van der Waals surface area contributed by atoms with Crippen LogP contribution in [0.25, 0.3) is 0 Å². The summed E-state index contributed by atoms with van der Waals surface area (Å²) in [5.74, 6) is -3.07. The van der Waals surface area contributed by atoms with E-state index in [4.69, 9.17) is 26.2 Å². The average molecular weight is 710 g/mol. The van der Waals surface area contributed by atoms with Crippen LogP contribution in [0.15, 0.2) is 36.4 Å². The van der Waals surface area contributed by atoms with Gasteiger partial charge in [-0.1, -0.05) is 12.1 Å². The fourth-order valence-corrected chi connectivity index (χ4v) is 5.38. The van der Waals surface area contributed by atoms with E-state index in [-0.39, 0.29) is 62.1 Å². The zero-order valence-electron chi connectivity index (χ0n) is 30.0. The van der Waals surface area contributed by atoms with E-state index in [1.807, 2.05) is 0 Å². The minimum absolute atomic E-state index is 0.00119. The molecule has 0 spiro atoms. The van der Waals surface area contributed by atoms with Crippen LogP contribution in [0.4, 0.5) is 0 Å². The van der Waals surface area contributed by atoms with Gasteiger partial charge in [0.05, 0.1) is 19.2 Å². The molecule has 276 valence electrons. The van der Waals surface area contributed by atoms with Crippen molar-refractivity contribution in [3.8, 4) is 17.6 Å². The number of amides is 4. The zero-order chi connectivity index (χ0) is 38.8. The Morgan fingerprint density at radius 1 is 0.745 bits per heavy atom. The maximum absolute atomic E-state index is 12.5. The molecule has 0 aromatic heterocycles. The minimum atomic E-state index is -0.934. The number of hydrogen-bond acceptors (Lipinski definition) is 11. The predicted molar refractivity (Wildman–Crippen MR) is 183 cm³/mol. The molecule has 15 heteroatoms. The van der Waals surface area contributed by atoms with Gasteiger partial charge in [-0.25, -0.2) is 0 Å². The standard InChI is InChI=1S/2C17H22N2O5.C2H3N/c2*1-17(2,3)24-14(21)8-7-12(15(18)22)19-9-11-10(16(19)23)5-4-6-13(11)20;1-2-3/h2*4-6,12,20H,7-9H2,1-3H3,(H2,18,22);1H3/t2*12-;/m00./s1. The Morgan fingerprint density at radius 3 is 1.31 bits per heavy atom. The van der Waals surface area contributed by atoms with Crippen LogP contribution in [0, 0.1) is 11.3 Å². The number of nitriles is 1. The molecule has 0 unspecified atom stereocenters. The van der Waals surface area contributed by atoms with Crippen molar-refractivity contribution in [2.24, 2.45) is 11.5 Å². The highest BCUT2D eigenvalue weighted by molar-refractivity contribution is 6.02. The quantitative estimate of drug-likeness (QED) is 0.261. The molecule has 6 N–H and O–H groups in total. The Morgan fingerprint density at radius 2 is 1.06 bits per heavy atom. The van der Waals surface area contributed by atoms with E-state index in [0.717, 1.165) is 0 Å². The number of carbonyl (C=O) groups is 6. The molecule has 0 aliphatic carbocycles. The maximum atomic E-state index is 12.5. The molecular formula is C36H47N5O10. The first-order chi connectivity index (χ1) is 23.6. The molecule has 0 bridgehead atoms. The Labute approximate surface area is 297 Å². The zero-order valence-corrected chi connectivity index (χ0v) is 30.0. The van der Waals surface area contributed by atoms with Crippen LogP contribution in [0.3, 0.4) is 0 Å². The molecule has 2 aromatic carbocycles. The Bertz CT molecular complexity index is 1570. The second-order valence-corrected chi connectivity index (χ2v) is 13.8. The molecule has 0 radical (unpaired) electrons. The van der Waals surface area contributed by atoms with E-state index in [1.165, 1.54) is 28.9 Å². The van der Waals surface area contributed by atoms with E-state index < -0.39 is 47.0 Å². The van der Waals surface area contributed by atoms with Crippen molar-refractivity contribution in [3.05, 3.63) is 58.7 Å². The van der Waals surface area contributed by atoms with Gasteiger partial charge in [-0.3, -0.25) is 28.8 Å². The van der Waals surface area contributed by atoms with E-state index in [9.17, 15) is 39.0 Å². The van der Waals surface area contributed by atoms with Crippen LogP contribution >= 0.6 is 0 Å². The number of hydrogen-bond donors (Lipinski definition) is 4. The third-order valence-electron chi connectivity index (χ3n) is 7.44. The number of aromatic hydroxyl groups is 2. The SMILES string of the molecule is CC#N.CC(C)(C)OC(=O)CC[C@@H](C(N)=O)N1Cc2c(O)cccc2C1=O.CC(C)(C)OC(=O)CC[C@@H](C(N)=O)N1Cc2c(O)cccc2C1=O. The maximum Gasteiger partial charge on any atom is 0.306 e. The monoisotopic (exact) mass is 709 g/mol. The van der Waals surface area contributed by atoms with Crippen LogP contribution in [0.1, 0.15) is 106 Å². The van der Waals surface area contributed by atoms with Crippen LogP contribution < -0.4 is 11.5 Å². The largest absolute Gasteiger partial charge is 0.508 e. The lowest BCUT2D eigenvalue weighted by atomic mass is 10.1. The molecular weight excluding hydrogens is 662 g/mol. The topological polar surface area (TPSA) is 244 Å². The first-order valence-corrected chi connectivity index (χ1v) is 16.2. The summed E-state index contributed by atoms with van der Waals surface area (Å²) in [6.07, 6.45) is 0.0867. The average Bonchev–Trinajstić information content (AvgIpc) is 3.50. The minimum Gasteiger partial charge on any atom is -0.508 e. The molecule has 2 aliphatic rings. The molecule has 0 saturated heterocycles. The number of phenols is 2. The number of fused-ring (bicyclic) bond motifs is 2. The lowest BCUT2D eigenvalue weighted by molar-refractivity contribution is -0.156. The third kappa shape index (κ3) is 11.7. The molecule has 0 fully saturated rings. The Kier molecular flexibility index (Phi) is 14.1. The van der Waals surface area contributed by atoms with Crippen molar-refractivity contribution in [2.45, 2.75) is 111 Å². The summed E-state index contributed by atoms with van der Waals surface area (Å²) in [6, 6.07) is 9.15. The number of nitrogens with zero attached hydrogens (tertiary/aromatic N) is 3. The molecule has 2 heterocycles. The first-order valence-electron chi connectivity index (χ1n) is 16.2. The van der Waals surface area contributed by atoms with E-state index in [0.29, 0.717) is 22.3 Å². The van der Waals surface area contributed by atoms with Gasteiger partial charge in [0.1, 0.15) is 34.8 Å². The predicted octanol–water partition coefficient (Wildman–Crippen LogP) is 3.18. The van der Waals surface area contributed by atoms with Crippen molar-refractivity contribution < 1.29 is 48.5 Å². The van der Waals surface area contributed by atoms with Gasteiger partial charge in [-0.2, -0.15) is 5.26 Å². The van der Waals surface area contributed by atoms with Gasteiger partial charge in [0, 0.05) is 42.0 Å². The van der Waals surface area contributed by atoms with Crippen LogP contribution in [0.2, 0.25) is 0 Å².